The predicted molar refractivity (Wildman–Crippen MR) is 114 cm³/mol. The molecular formula is C22H30N4O3. The van der Waals surface area contributed by atoms with E-state index in [-0.39, 0.29) is 0 Å². The third-order valence-corrected chi connectivity index (χ3v) is 4.99. The largest absolute Gasteiger partial charge is 0.493 e. The van der Waals surface area contributed by atoms with E-state index >= 15 is 0 Å². The fourth-order valence-corrected chi connectivity index (χ4v) is 3.35. The van der Waals surface area contributed by atoms with Crippen molar-refractivity contribution >= 4 is 5.96 Å². The molecule has 3 N–H and O–H groups in total. The van der Waals surface area contributed by atoms with Crippen LogP contribution >= 0.6 is 0 Å². The molecule has 0 unspecified atom stereocenters. The average Bonchev–Trinajstić information content (AvgIpc) is 3.26. The van der Waals surface area contributed by atoms with Crippen molar-refractivity contribution < 1.29 is 14.2 Å². The van der Waals surface area contributed by atoms with Crippen LogP contribution in [0.5, 0.6) is 17.4 Å². The SMILES string of the molecule is COc1ccc(CCNC(N)=NCc2ccc(OC3CCCC3)nc2)cc1OC. The number of rotatable bonds is 9. The van der Waals surface area contributed by atoms with Crippen LogP contribution in [0.4, 0.5) is 0 Å². The lowest BCUT2D eigenvalue weighted by molar-refractivity contribution is 0.201. The van der Waals surface area contributed by atoms with Crippen molar-refractivity contribution in [3.63, 3.8) is 0 Å². The molecule has 0 saturated heterocycles. The Labute approximate surface area is 172 Å². The molecule has 0 amide bonds. The molecular weight excluding hydrogens is 368 g/mol. The summed E-state index contributed by atoms with van der Waals surface area (Å²) in [4.78, 5) is 8.76. The maximum absolute atomic E-state index is 5.98. The number of nitrogens with two attached hydrogens (primary N) is 1. The predicted octanol–water partition coefficient (Wildman–Crippen LogP) is 3.07. The Kier molecular flexibility index (Phi) is 7.55. The van der Waals surface area contributed by atoms with Crippen molar-refractivity contribution in [2.45, 2.75) is 44.8 Å². The zero-order chi connectivity index (χ0) is 20.5. The first kappa shape index (κ1) is 20.8. The van der Waals surface area contributed by atoms with Gasteiger partial charge in [0.2, 0.25) is 5.88 Å². The number of hydrogen-bond donors (Lipinski definition) is 2. The second kappa shape index (κ2) is 10.5. The molecule has 2 aromatic rings. The Hall–Kier alpha value is -2.96. The van der Waals surface area contributed by atoms with Crippen LogP contribution in [-0.2, 0) is 13.0 Å². The van der Waals surface area contributed by atoms with Crippen molar-refractivity contribution in [3.8, 4) is 17.4 Å². The van der Waals surface area contributed by atoms with E-state index in [0.29, 0.717) is 31.0 Å². The van der Waals surface area contributed by atoms with Gasteiger partial charge in [0.15, 0.2) is 17.5 Å². The van der Waals surface area contributed by atoms with Crippen LogP contribution in [-0.4, -0.2) is 37.8 Å². The number of pyridine rings is 1. The number of methoxy groups -OCH3 is 2. The summed E-state index contributed by atoms with van der Waals surface area (Å²) < 4.78 is 16.5. The highest BCUT2D eigenvalue weighted by atomic mass is 16.5. The Morgan fingerprint density at radius 2 is 1.86 bits per heavy atom. The van der Waals surface area contributed by atoms with Gasteiger partial charge in [0, 0.05) is 18.8 Å². The normalized spacial score (nSPS) is 14.6. The molecule has 0 bridgehead atoms. The molecule has 1 aliphatic carbocycles. The Balaban J connectivity index is 1.43. The molecule has 0 atom stereocenters. The minimum Gasteiger partial charge on any atom is -0.493 e. The lowest BCUT2D eigenvalue weighted by atomic mass is 10.1. The quantitative estimate of drug-likeness (QED) is 0.498. The molecule has 29 heavy (non-hydrogen) atoms. The molecule has 1 aromatic carbocycles. The molecule has 1 aliphatic rings. The average molecular weight is 399 g/mol. The second-order valence-electron chi connectivity index (χ2n) is 7.10. The molecule has 7 nitrogen and oxygen atoms in total. The maximum atomic E-state index is 5.98. The molecule has 1 heterocycles. The summed E-state index contributed by atoms with van der Waals surface area (Å²) in [7, 11) is 3.26. The van der Waals surface area contributed by atoms with Crippen LogP contribution in [0.3, 0.4) is 0 Å². The summed E-state index contributed by atoms with van der Waals surface area (Å²) in [6.07, 6.45) is 7.65. The highest BCUT2D eigenvalue weighted by Gasteiger charge is 2.16. The Morgan fingerprint density at radius 3 is 2.55 bits per heavy atom. The topological polar surface area (TPSA) is 91.0 Å². The van der Waals surface area contributed by atoms with E-state index in [1.165, 1.54) is 12.8 Å². The lowest BCUT2D eigenvalue weighted by Gasteiger charge is -2.12. The molecule has 1 aromatic heterocycles. The van der Waals surface area contributed by atoms with Crippen molar-refractivity contribution in [2.75, 3.05) is 20.8 Å². The number of guanidine groups is 1. The maximum Gasteiger partial charge on any atom is 0.213 e. The van der Waals surface area contributed by atoms with Gasteiger partial charge in [-0.1, -0.05) is 12.1 Å². The minimum absolute atomic E-state index is 0.317. The molecule has 0 spiro atoms. The van der Waals surface area contributed by atoms with E-state index in [2.05, 4.69) is 15.3 Å². The highest BCUT2D eigenvalue weighted by molar-refractivity contribution is 5.77. The number of hydrogen-bond acceptors (Lipinski definition) is 5. The van der Waals surface area contributed by atoms with Crippen LogP contribution < -0.4 is 25.3 Å². The number of aromatic nitrogens is 1. The highest BCUT2D eigenvalue weighted by Crippen LogP contribution is 2.27. The van der Waals surface area contributed by atoms with Gasteiger partial charge in [0.05, 0.1) is 20.8 Å². The molecule has 0 aliphatic heterocycles. The van der Waals surface area contributed by atoms with Crippen LogP contribution in [0.15, 0.2) is 41.5 Å². The van der Waals surface area contributed by atoms with Gasteiger partial charge in [-0.05, 0) is 55.4 Å². The molecule has 0 radical (unpaired) electrons. The van der Waals surface area contributed by atoms with Gasteiger partial charge >= 0.3 is 0 Å². The van der Waals surface area contributed by atoms with E-state index in [4.69, 9.17) is 19.9 Å². The number of nitrogens with one attached hydrogen (secondary N) is 1. The second-order valence-corrected chi connectivity index (χ2v) is 7.10. The minimum atomic E-state index is 0.317. The summed E-state index contributed by atoms with van der Waals surface area (Å²) in [6.45, 7) is 1.16. The zero-order valence-corrected chi connectivity index (χ0v) is 17.2. The van der Waals surface area contributed by atoms with E-state index in [1.807, 2.05) is 30.3 Å². The fourth-order valence-electron chi connectivity index (χ4n) is 3.35. The zero-order valence-electron chi connectivity index (χ0n) is 17.2. The van der Waals surface area contributed by atoms with Crippen LogP contribution in [0, 0.1) is 0 Å². The van der Waals surface area contributed by atoms with Crippen molar-refractivity contribution in [3.05, 3.63) is 47.7 Å². The summed E-state index contributed by atoms with van der Waals surface area (Å²) >= 11 is 0. The van der Waals surface area contributed by atoms with Crippen molar-refractivity contribution in [2.24, 2.45) is 10.7 Å². The van der Waals surface area contributed by atoms with E-state index < -0.39 is 0 Å². The van der Waals surface area contributed by atoms with Crippen molar-refractivity contribution in [1.82, 2.24) is 10.3 Å². The van der Waals surface area contributed by atoms with E-state index in [1.54, 1.807) is 20.4 Å². The number of nitrogens with zero attached hydrogens (tertiary/aromatic N) is 2. The smallest absolute Gasteiger partial charge is 0.213 e. The standard InChI is InChI=1S/C22H30N4O3/c1-27-19-9-7-16(13-20(19)28-2)11-12-24-22(23)26-15-17-8-10-21(25-14-17)29-18-5-3-4-6-18/h7-10,13-14,18H,3-6,11-12,15H2,1-2H3,(H3,23,24,26). The Morgan fingerprint density at radius 1 is 1.10 bits per heavy atom. The molecule has 7 heteroatoms. The van der Waals surface area contributed by atoms with E-state index in [9.17, 15) is 0 Å². The van der Waals surface area contributed by atoms with Gasteiger partial charge in [0.1, 0.15) is 6.10 Å². The van der Waals surface area contributed by atoms with Gasteiger partial charge < -0.3 is 25.3 Å². The van der Waals surface area contributed by atoms with Crippen molar-refractivity contribution in [1.29, 1.82) is 0 Å². The Bertz CT molecular complexity index is 802. The molecule has 3 rings (SSSR count). The molecule has 156 valence electrons. The number of aliphatic imine (C=N–C) groups is 1. The third kappa shape index (κ3) is 6.27. The van der Waals surface area contributed by atoms with Crippen LogP contribution in [0.25, 0.3) is 0 Å². The first-order valence-electron chi connectivity index (χ1n) is 10.0. The number of ether oxygens (including phenoxy) is 3. The monoisotopic (exact) mass is 398 g/mol. The van der Waals surface area contributed by atoms with Gasteiger partial charge in [-0.3, -0.25) is 0 Å². The first-order chi connectivity index (χ1) is 14.2. The number of benzene rings is 1. The molecule has 1 fully saturated rings. The first-order valence-corrected chi connectivity index (χ1v) is 10.0. The van der Waals surface area contributed by atoms with Gasteiger partial charge in [-0.15, -0.1) is 0 Å². The summed E-state index contributed by atoms with van der Waals surface area (Å²) in [5.74, 6) is 2.54. The molecule has 1 saturated carbocycles. The summed E-state index contributed by atoms with van der Waals surface area (Å²) in [5, 5.41) is 3.14. The lowest BCUT2D eigenvalue weighted by Crippen LogP contribution is -2.33. The van der Waals surface area contributed by atoms with Crippen LogP contribution in [0.1, 0.15) is 36.8 Å². The third-order valence-electron chi connectivity index (χ3n) is 4.99. The van der Waals surface area contributed by atoms with E-state index in [0.717, 1.165) is 41.9 Å². The van der Waals surface area contributed by atoms with Gasteiger partial charge in [-0.2, -0.15) is 0 Å². The van der Waals surface area contributed by atoms with Gasteiger partial charge in [-0.25, -0.2) is 9.98 Å². The summed E-state index contributed by atoms with van der Waals surface area (Å²) in [6, 6.07) is 9.77. The van der Waals surface area contributed by atoms with Crippen LogP contribution in [0.2, 0.25) is 0 Å². The fraction of sp³-hybridized carbons (Fsp3) is 0.455. The van der Waals surface area contributed by atoms with Gasteiger partial charge in [0.25, 0.3) is 0 Å². The summed E-state index contributed by atoms with van der Waals surface area (Å²) in [5.41, 5.74) is 8.10.